The maximum atomic E-state index is 13.5. The number of rotatable bonds is 9. The predicted octanol–water partition coefficient (Wildman–Crippen LogP) is 5.85. The van der Waals surface area contributed by atoms with Crippen molar-refractivity contribution in [3.05, 3.63) is 84.6 Å². The van der Waals surface area contributed by atoms with Gasteiger partial charge in [-0.25, -0.2) is 8.42 Å². The number of fused-ring (bicyclic) bond motifs is 1. The molecule has 38 heavy (non-hydrogen) atoms. The van der Waals surface area contributed by atoms with E-state index in [2.05, 4.69) is 9.17 Å². The van der Waals surface area contributed by atoms with Crippen LogP contribution in [0.2, 0.25) is 0 Å². The van der Waals surface area contributed by atoms with Gasteiger partial charge in [-0.3, -0.25) is 9.17 Å². The fourth-order valence-corrected chi connectivity index (χ4v) is 5.56. The van der Waals surface area contributed by atoms with Crippen LogP contribution in [-0.2, 0) is 30.3 Å². The van der Waals surface area contributed by atoms with Gasteiger partial charge >= 0.3 is 6.18 Å². The number of halogens is 3. The number of alkyl halides is 3. The summed E-state index contributed by atoms with van der Waals surface area (Å²) in [4.78, 5) is 3.94. The highest BCUT2D eigenvalue weighted by Gasteiger charge is 2.33. The van der Waals surface area contributed by atoms with Crippen molar-refractivity contribution in [3.63, 3.8) is 0 Å². The average molecular weight is 566 g/mol. The molecule has 0 aliphatic carbocycles. The Balaban J connectivity index is 1.58. The van der Waals surface area contributed by atoms with Crippen molar-refractivity contribution < 1.29 is 38.9 Å². The highest BCUT2D eigenvalue weighted by molar-refractivity contribution is 7.91. The Labute approximate surface area is 217 Å². The number of pyridine rings is 1. The number of nitrogens with zero attached hydrogens (tertiary/aromatic N) is 1. The Morgan fingerprint density at radius 3 is 2.26 bits per heavy atom. The minimum Gasteiger partial charge on any atom is -0.457 e. The first-order valence-corrected chi connectivity index (χ1v) is 14.7. The maximum Gasteiger partial charge on any atom is 0.418 e. The van der Waals surface area contributed by atoms with Crippen LogP contribution in [-0.4, -0.2) is 40.4 Å². The van der Waals surface area contributed by atoms with Crippen LogP contribution in [0.5, 0.6) is 11.5 Å². The summed E-state index contributed by atoms with van der Waals surface area (Å²) in [6.07, 6.45) is -2.37. The topological polar surface area (TPSA) is 99.6 Å². The van der Waals surface area contributed by atoms with E-state index in [9.17, 15) is 30.0 Å². The fourth-order valence-electron chi connectivity index (χ4n) is 3.83. The summed E-state index contributed by atoms with van der Waals surface area (Å²) in [5.41, 5.74) is 0.122. The molecule has 200 valence electrons. The van der Waals surface area contributed by atoms with Gasteiger partial charge < -0.3 is 4.74 Å². The first-order chi connectivity index (χ1) is 17.8. The second-order valence-electron chi connectivity index (χ2n) is 8.36. The molecule has 0 bridgehead atoms. The normalized spacial score (nSPS) is 12.5. The van der Waals surface area contributed by atoms with Gasteiger partial charge in [0.1, 0.15) is 11.5 Å². The second kappa shape index (κ2) is 10.7. The molecule has 0 N–H and O–H groups in total. The van der Waals surface area contributed by atoms with Gasteiger partial charge in [0.2, 0.25) is 0 Å². The highest BCUT2D eigenvalue weighted by Crippen LogP contribution is 2.38. The van der Waals surface area contributed by atoms with Crippen LogP contribution in [0, 0.1) is 0 Å². The van der Waals surface area contributed by atoms with E-state index in [1.165, 1.54) is 30.5 Å². The van der Waals surface area contributed by atoms with Gasteiger partial charge in [-0.15, -0.1) is 0 Å². The molecule has 0 aliphatic rings. The molecule has 0 amide bonds. The van der Waals surface area contributed by atoms with Crippen LogP contribution in [0.25, 0.3) is 22.0 Å². The van der Waals surface area contributed by atoms with E-state index >= 15 is 0 Å². The number of hydrogen-bond donors (Lipinski definition) is 0. The van der Waals surface area contributed by atoms with Gasteiger partial charge in [0.15, 0.2) is 9.84 Å². The lowest BCUT2D eigenvalue weighted by atomic mass is 9.99. The maximum absolute atomic E-state index is 13.5. The van der Waals surface area contributed by atoms with Crippen molar-refractivity contribution in [1.29, 1.82) is 0 Å². The molecule has 7 nitrogen and oxygen atoms in total. The standard InChI is InChI=1S/C26H22F3NO6S2/c1-37(31,32)35-14-5-15-38(33,34)21-9-3-8-20(17-21)36-19-7-2-6-18(16-19)22-12-13-30-25-23(22)10-4-11-24(25)26(27,28)29/h2-4,6-13,16-17H,5,14-15H2,1H3. The zero-order chi connectivity index (χ0) is 27.6. The lowest BCUT2D eigenvalue weighted by Gasteiger charge is -2.13. The Kier molecular flexibility index (Phi) is 7.77. The molecule has 0 saturated carbocycles. The molecule has 0 saturated heterocycles. The van der Waals surface area contributed by atoms with E-state index in [0.717, 1.165) is 12.3 Å². The molecule has 0 unspecified atom stereocenters. The molecule has 0 spiro atoms. The van der Waals surface area contributed by atoms with Crippen LogP contribution >= 0.6 is 0 Å². The monoisotopic (exact) mass is 565 g/mol. The third-order valence-electron chi connectivity index (χ3n) is 5.48. The van der Waals surface area contributed by atoms with Gasteiger partial charge in [0.05, 0.1) is 34.6 Å². The Morgan fingerprint density at radius 2 is 1.55 bits per heavy atom. The molecular formula is C26H22F3NO6S2. The van der Waals surface area contributed by atoms with Crippen LogP contribution in [0.3, 0.4) is 0 Å². The van der Waals surface area contributed by atoms with Gasteiger partial charge in [-0.1, -0.05) is 30.3 Å². The third-order valence-corrected chi connectivity index (χ3v) is 7.87. The first kappa shape index (κ1) is 27.6. The summed E-state index contributed by atoms with van der Waals surface area (Å²) in [6, 6.07) is 18.0. The van der Waals surface area contributed by atoms with E-state index in [-0.39, 0.29) is 34.9 Å². The Morgan fingerprint density at radius 1 is 0.868 bits per heavy atom. The molecule has 4 rings (SSSR count). The van der Waals surface area contributed by atoms with Crippen molar-refractivity contribution in [1.82, 2.24) is 4.98 Å². The molecule has 4 aromatic rings. The summed E-state index contributed by atoms with van der Waals surface area (Å²) in [5, 5.41) is 0.326. The number of hydrogen-bond acceptors (Lipinski definition) is 7. The second-order valence-corrected chi connectivity index (χ2v) is 12.1. The summed E-state index contributed by atoms with van der Waals surface area (Å²) in [5.74, 6) is 0.251. The zero-order valence-corrected chi connectivity index (χ0v) is 21.6. The van der Waals surface area contributed by atoms with Crippen molar-refractivity contribution in [2.45, 2.75) is 17.5 Å². The molecule has 0 atom stereocenters. The SMILES string of the molecule is CS(=O)(=O)OCCCS(=O)(=O)c1cccc(Oc2cccc(-c3ccnc4c(C(F)(F)F)cccc34)c2)c1. The quantitative estimate of drug-likeness (QED) is 0.185. The largest absolute Gasteiger partial charge is 0.457 e. The van der Waals surface area contributed by atoms with Gasteiger partial charge in [-0.2, -0.15) is 21.6 Å². The van der Waals surface area contributed by atoms with Gasteiger partial charge in [0.25, 0.3) is 10.1 Å². The fraction of sp³-hybridized carbons (Fsp3) is 0.192. The summed E-state index contributed by atoms with van der Waals surface area (Å²) >= 11 is 0. The predicted molar refractivity (Wildman–Crippen MR) is 136 cm³/mol. The number of sulfone groups is 1. The molecular weight excluding hydrogens is 543 g/mol. The molecule has 12 heteroatoms. The number of benzene rings is 3. The van der Waals surface area contributed by atoms with Crippen molar-refractivity contribution in [3.8, 4) is 22.6 Å². The summed E-state index contributed by atoms with van der Waals surface area (Å²) < 4.78 is 98.3. The van der Waals surface area contributed by atoms with Crippen LogP contribution in [0.1, 0.15) is 12.0 Å². The van der Waals surface area contributed by atoms with Gasteiger partial charge in [0, 0.05) is 11.6 Å². The molecule has 3 aromatic carbocycles. The lowest BCUT2D eigenvalue weighted by Crippen LogP contribution is -2.11. The van der Waals surface area contributed by atoms with Gasteiger partial charge in [-0.05, 0) is 60.0 Å². The smallest absolute Gasteiger partial charge is 0.418 e. The van der Waals surface area contributed by atoms with Crippen molar-refractivity contribution >= 4 is 30.9 Å². The molecule has 0 fully saturated rings. The zero-order valence-electron chi connectivity index (χ0n) is 20.0. The minimum atomic E-state index is -4.55. The van der Waals surface area contributed by atoms with E-state index in [1.54, 1.807) is 42.5 Å². The van der Waals surface area contributed by atoms with Crippen molar-refractivity contribution in [2.24, 2.45) is 0 Å². The van der Waals surface area contributed by atoms with E-state index in [1.807, 2.05) is 0 Å². The van der Waals surface area contributed by atoms with E-state index in [0.29, 0.717) is 22.3 Å². The summed E-state index contributed by atoms with van der Waals surface area (Å²) in [6.45, 7) is -0.255. The summed E-state index contributed by atoms with van der Waals surface area (Å²) in [7, 11) is -7.40. The van der Waals surface area contributed by atoms with Crippen LogP contribution < -0.4 is 4.74 Å². The molecule has 0 aliphatic heterocycles. The molecule has 1 aromatic heterocycles. The van der Waals surface area contributed by atoms with E-state index in [4.69, 9.17) is 4.74 Å². The third kappa shape index (κ3) is 6.69. The average Bonchev–Trinajstić information content (AvgIpc) is 2.85. The van der Waals surface area contributed by atoms with Crippen LogP contribution in [0.4, 0.5) is 13.2 Å². The molecule has 1 heterocycles. The first-order valence-electron chi connectivity index (χ1n) is 11.2. The Bertz CT molecular complexity index is 1690. The molecule has 0 radical (unpaired) electrons. The number of aromatic nitrogens is 1. The number of ether oxygens (including phenoxy) is 1. The van der Waals surface area contributed by atoms with Crippen molar-refractivity contribution in [2.75, 3.05) is 18.6 Å². The van der Waals surface area contributed by atoms with Crippen LogP contribution in [0.15, 0.2) is 83.9 Å². The number of para-hydroxylation sites is 1. The Hall–Kier alpha value is -3.48. The van der Waals surface area contributed by atoms with E-state index < -0.39 is 31.7 Å². The highest BCUT2D eigenvalue weighted by atomic mass is 32.2. The minimum absolute atomic E-state index is 0.00896. The lowest BCUT2D eigenvalue weighted by molar-refractivity contribution is -0.136.